The number of hydrogen-bond donors (Lipinski definition) is 1. The lowest BCUT2D eigenvalue weighted by atomic mass is 9.86. The Hall–Kier alpha value is -0.620. The Morgan fingerprint density at radius 1 is 1.35 bits per heavy atom. The number of nitrogens with zero attached hydrogens (tertiary/aromatic N) is 1. The highest BCUT2D eigenvalue weighted by atomic mass is 32.2. The van der Waals surface area contributed by atoms with E-state index in [1.807, 2.05) is 0 Å². The number of rotatable bonds is 5. The third kappa shape index (κ3) is 3.96. The number of carboxylic acid groups (broad SMARTS) is 1. The molecule has 1 aliphatic rings. The summed E-state index contributed by atoms with van der Waals surface area (Å²) in [6.07, 6.45) is 3.80. The summed E-state index contributed by atoms with van der Waals surface area (Å²) in [6.45, 7) is 2.06. The Kier molecular flexibility index (Phi) is 4.94. The average molecular weight is 263 g/mol. The highest BCUT2D eigenvalue weighted by molar-refractivity contribution is 7.89. The molecule has 0 bridgehead atoms. The number of aliphatic carboxylic acids is 1. The van der Waals surface area contributed by atoms with Crippen LogP contribution in [0.1, 0.15) is 39.0 Å². The van der Waals surface area contributed by atoms with Gasteiger partial charge in [0, 0.05) is 13.1 Å². The monoisotopic (exact) mass is 263 g/mol. The third-order valence-electron chi connectivity index (χ3n) is 3.55. The molecule has 1 N–H and O–H groups in total. The number of hydrogen-bond acceptors (Lipinski definition) is 3. The molecule has 2 atom stereocenters. The fraction of sp³-hybridized carbons (Fsp3) is 0.909. The zero-order chi connectivity index (χ0) is 13.1. The van der Waals surface area contributed by atoms with Crippen LogP contribution in [0.15, 0.2) is 0 Å². The van der Waals surface area contributed by atoms with Gasteiger partial charge in [0.15, 0.2) is 0 Å². The largest absolute Gasteiger partial charge is 0.481 e. The van der Waals surface area contributed by atoms with Crippen LogP contribution in [0.4, 0.5) is 0 Å². The molecule has 1 rings (SSSR count). The second-order valence-electron chi connectivity index (χ2n) is 4.81. The zero-order valence-electron chi connectivity index (χ0n) is 10.4. The molecule has 6 heteroatoms. The molecule has 0 aromatic heterocycles. The first-order valence-corrected chi connectivity index (χ1v) is 7.63. The minimum absolute atomic E-state index is 0.0301. The molecule has 0 amide bonds. The maximum atomic E-state index is 11.9. The van der Waals surface area contributed by atoms with Crippen molar-refractivity contribution in [2.45, 2.75) is 45.1 Å². The Balaban J connectivity index is 2.66. The Morgan fingerprint density at radius 2 is 1.94 bits per heavy atom. The Morgan fingerprint density at radius 3 is 2.47 bits per heavy atom. The van der Waals surface area contributed by atoms with Crippen LogP contribution < -0.4 is 0 Å². The van der Waals surface area contributed by atoms with Gasteiger partial charge in [0.25, 0.3) is 0 Å². The van der Waals surface area contributed by atoms with Gasteiger partial charge < -0.3 is 5.11 Å². The molecule has 1 fully saturated rings. The minimum atomic E-state index is -3.44. The van der Waals surface area contributed by atoms with Gasteiger partial charge in [-0.2, -0.15) is 0 Å². The number of sulfonamides is 1. The van der Waals surface area contributed by atoms with Crippen LogP contribution >= 0.6 is 0 Å². The van der Waals surface area contributed by atoms with Gasteiger partial charge in [0.1, 0.15) is 0 Å². The average Bonchev–Trinajstić information content (AvgIpc) is 2.26. The lowest BCUT2D eigenvalue weighted by Gasteiger charge is -2.35. The topological polar surface area (TPSA) is 74.7 Å². The number of carboxylic acids is 1. The molecule has 1 saturated carbocycles. The second-order valence-corrected chi connectivity index (χ2v) is 6.95. The predicted octanol–water partition coefficient (Wildman–Crippen LogP) is 1.30. The highest BCUT2D eigenvalue weighted by Crippen LogP contribution is 2.28. The van der Waals surface area contributed by atoms with Gasteiger partial charge >= 0.3 is 5.97 Å². The molecule has 5 nitrogen and oxygen atoms in total. The van der Waals surface area contributed by atoms with E-state index in [1.54, 1.807) is 7.05 Å². The summed E-state index contributed by atoms with van der Waals surface area (Å²) in [5, 5.41) is 8.54. The van der Waals surface area contributed by atoms with E-state index in [1.165, 1.54) is 4.31 Å². The van der Waals surface area contributed by atoms with Gasteiger partial charge in [-0.25, -0.2) is 12.7 Å². The molecule has 0 heterocycles. The van der Waals surface area contributed by atoms with Crippen LogP contribution in [0.5, 0.6) is 0 Å². The highest BCUT2D eigenvalue weighted by Gasteiger charge is 2.31. The molecule has 1 aliphatic carbocycles. The summed E-state index contributed by atoms with van der Waals surface area (Å²) in [5.41, 5.74) is 0. The fourth-order valence-electron chi connectivity index (χ4n) is 2.40. The van der Waals surface area contributed by atoms with Crippen molar-refractivity contribution in [3.05, 3.63) is 0 Å². The van der Waals surface area contributed by atoms with Crippen molar-refractivity contribution in [3.63, 3.8) is 0 Å². The molecule has 0 aromatic rings. The maximum absolute atomic E-state index is 11.9. The van der Waals surface area contributed by atoms with Crippen molar-refractivity contribution in [2.75, 3.05) is 12.8 Å². The summed E-state index contributed by atoms with van der Waals surface area (Å²) < 4.78 is 25.3. The van der Waals surface area contributed by atoms with Gasteiger partial charge in [-0.15, -0.1) is 0 Å². The van der Waals surface area contributed by atoms with Crippen molar-refractivity contribution < 1.29 is 18.3 Å². The quantitative estimate of drug-likeness (QED) is 0.811. The van der Waals surface area contributed by atoms with Crippen molar-refractivity contribution in [3.8, 4) is 0 Å². The fourth-order valence-corrected chi connectivity index (χ4v) is 3.85. The van der Waals surface area contributed by atoms with Crippen LogP contribution in [0.25, 0.3) is 0 Å². The van der Waals surface area contributed by atoms with Crippen molar-refractivity contribution in [2.24, 2.45) is 5.92 Å². The molecule has 0 spiro atoms. The van der Waals surface area contributed by atoms with Crippen molar-refractivity contribution >= 4 is 16.0 Å². The van der Waals surface area contributed by atoms with Crippen molar-refractivity contribution in [1.82, 2.24) is 4.31 Å². The maximum Gasteiger partial charge on any atom is 0.304 e. The van der Waals surface area contributed by atoms with Crippen LogP contribution in [-0.2, 0) is 14.8 Å². The summed E-state index contributed by atoms with van der Waals surface area (Å²) in [5.74, 6) is -1.02. The van der Waals surface area contributed by atoms with Gasteiger partial charge in [-0.1, -0.05) is 19.8 Å². The SMILES string of the molecule is CC1CCCCC1N(C)S(=O)(=O)CCC(=O)O. The smallest absolute Gasteiger partial charge is 0.304 e. The Labute approximate surface area is 103 Å². The van der Waals surface area contributed by atoms with Crippen molar-refractivity contribution in [1.29, 1.82) is 0 Å². The first kappa shape index (κ1) is 14.4. The molecule has 0 aromatic carbocycles. The molecule has 0 radical (unpaired) electrons. The molecule has 0 aliphatic heterocycles. The van der Waals surface area contributed by atoms with E-state index in [0.29, 0.717) is 5.92 Å². The predicted molar refractivity (Wildman–Crippen MR) is 65.2 cm³/mol. The molecule has 0 saturated heterocycles. The van der Waals surface area contributed by atoms with E-state index >= 15 is 0 Å². The molecule has 17 heavy (non-hydrogen) atoms. The van der Waals surface area contributed by atoms with Crippen LogP contribution in [0.2, 0.25) is 0 Å². The van der Waals surface area contributed by atoms with E-state index in [4.69, 9.17) is 5.11 Å². The van der Waals surface area contributed by atoms with Crippen LogP contribution in [0.3, 0.4) is 0 Å². The number of carbonyl (C=O) groups is 1. The molecule has 100 valence electrons. The van der Waals surface area contributed by atoms with Crippen LogP contribution in [-0.4, -0.2) is 42.6 Å². The molecular weight excluding hydrogens is 242 g/mol. The molecule has 2 unspecified atom stereocenters. The summed E-state index contributed by atoms with van der Waals surface area (Å²) >= 11 is 0. The van der Waals surface area contributed by atoms with Gasteiger partial charge in [0.2, 0.25) is 10.0 Å². The summed E-state index contributed by atoms with van der Waals surface area (Å²) in [6, 6.07) is 0.0301. The lowest BCUT2D eigenvalue weighted by Crippen LogP contribution is -2.43. The molecular formula is C11H21NO4S. The van der Waals surface area contributed by atoms with E-state index < -0.39 is 16.0 Å². The van der Waals surface area contributed by atoms with Gasteiger partial charge in [-0.05, 0) is 18.8 Å². The van der Waals surface area contributed by atoms with E-state index in [-0.39, 0.29) is 18.2 Å². The van der Waals surface area contributed by atoms with Crippen LogP contribution in [0, 0.1) is 5.92 Å². The summed E-state index contributed by atoms with van der Waals surface area (Å²) in [4.78, 5) is 10.4. The van der Waals surface area contributed by atoms with Gasteiger partial charge in [0.05, 0.1) is 12.2 Å². The Bertz CT molecular complexity index is 366. The minimum Gasteiger partial charge on any atom is -0.481 e. The van der Waals surface area contributed by atoms with Gasteiger partial charge in [-0.3, -0.25) is 4.79 Å². The first-order valence-electron chi connectivity index (χ1n) is 6.02. The zero-order valence-corrected chi connectivity index (χ0v) is 11.2. The second kappa shape index (κ2) is 5.82. The normalized spacial score (nSPS) is 26.1. The van der Waals surface area contributed by atoms with E-state index in [2.05, 4.69) is 6.92 Å². The standard InChI is InChI=1S/C11H21NO4S/c1-9-5-3-4-6-10(9)12(2)17(15,16)8-7-11(13)14/h9-10H,3-8H2,1-2H3,(H,13,14). The lowest BCUT2D eigenvalue weighted by molar-refractivity contribution is -0.136. The first-order chi connectivity index (χ1) is 7.84. The van der Waals surface area contributed by atoms with E-state index in [0.717, 1.165) is 25.7 Å². The third-order valence-corrected chi connectivity index (χ3v) is 5.41. The summed E-state index contributed by atoms with van der Waals surface area (Å²) in [7, 11) is -1.86. The van der Waals surface area contributed by atoms with E-state index in [9.17, 15) is 13.2 Å².